The van der Waals surface area contributed by atoms with Crippen molar-refractivity contribution >= 4 is 29.1 Å². The van der Waals surface area contributed by atoms with E-state index in [0.717, 1.165) is 0 Å². The second kappa shape index (κ2) is 7.97. The predicted molar refractivity (Wildman–Crippen MR) is 76.9 cm³/mol. The van der Waals surface area contributed by atoms with E-state index < -0.39 is 29.1 Å². The number of Topliss-reactive ketones (excluding diaryl/α,β-unsaturated/α-hetero) is 4. The van der Waals surface area contributed by atoms with Gasteiger partial charge in [0.25, 0.3) is 0 Å². The largest absolute Gasteiger partial charge is 0.478 e. The highest BCUT2D eigenvalue weighted by Crippen LogP contribution is 2.09. The molecule has 1 aromatic carbocycles. The highest BCUT2D eigenvalue weighted by molar-refractivity contribution is 6.43. The molecule has 116 valence electrons. The van der Waals surface area contributed by atoms with E-state index >= 15 is 0 Å². The molecule has 0 radical (unpaired) electrons. The van der Waals surface area contributed by atoms with Gasteiger partial charge >= 0.3 is 5.97 Å². The molecule has 0 aliphatic rings. The fraction of sp³-hybridized carbons (Fsp3) is 0.312. The third-order valence-electron chi connectivity index (χ3n) is 3.10. The maximum absolute atomic E-state index is 11.8. The van der Waals surface area contributed by atoms with Gasteiger partial charge in [-0.1, -0.05) is 12.1 Å². The van der Waals surface area contributed by atoms with E-state index in [1.54, 1.807) is 0 Å². The van der Waals surface area contributed by atoms with Crippen LogP contribution in [0.2, 0.25) is 0 Å². The van der Waals surface area contributed by atoms with E-state index in [4.69, 9.17) is 5.11 Å². The Labute approximate surface area is 127 Å². The van der Waals surface area contributed by atoms with E-state index in [0.29, 0.717) is 12.8 Å². The summed E-state index contributed by atoms with van der Waals surface area (Å²) in [6.45, 7) is 1.19. The molecule has 6 nitrogen and oxygen atoms in total. The molecule has 22 heavy (non-hydrogen) atoms. The molecule has 0 atom stereocenters. The zero-order valence-electron chi connectivity index (χ0n) is 12.1. The number of aromatic carboxylic acids is 1. The van der Waals surface area contributed by atoms with Crippen LogP contribution in [0.4, 0.5) is 0 Å². The van der Waals surface area contributed by atoms with Gasteiger partial charge in [-0.15, -0.1) is 0 Å². The van der Waals surface area contributed by atoms with Crippen molar-refractivity contribution in [1.82, 2.24) is 0 Å². The molecule has 0 aliphatic carbocycles. The summed E-state index contributed by atoms with van der Waals surface area (Å²) in [6.07, 6.45) is 0.779. The van der Waals surface area contributed by atoms with E-state index in [9.17, 15) is 24.0 Å². The number of rotatable bonds is 9. The lowest BCUT2D eigenvalue weighted by atomic mass is 10.0. The number of hydrogen-bond acceptors (Lipinski definition) is 5. The second-order valence-corrected chi connectivity index (χ2v) is 4.82. The van der Waals surface area contributed by atoms with Crippen molar-refractivity contribution in [2.45, 2.75) is 32.6 Å². The Hall–Kier alpha value is -2.63. The molecule has 0 aromatic heterocycles. The molecule has 6 heteroatoms. The fourth-order valence-corrected chi connectivity index (χ4v) is 1.79. The number of carbonyl (C=O) groups is 5. The number of carbonyl (C=O) groups excluding carboxylic acids is 4. The van der Waals surface area contributed by atoms with Gasteiger partial charge in [0.2, 0.25) is 11.6 Å². The number of ketones is 4. The van der Waals surface area contributed by atoms with Crippen LogP contribution in [0, 0.1) is 0 Å². The molecule has 0 amide bonds. The van der Waals surface area contributed by atoms with Crippen LogP contribution in [-0.2, 0) is 14.4 Å². The summed E-state index contributed by atoms with van der Waals surface area (Å²) in [4.78, 5) is 56.1. The first-order valence-corrected chi connectivity index (χ1v) is 6.77. The zero-order chi connectivity index (χ0) is 16.7. The van der Waals surface area contributed by atoms with Gasteiger partial charge in [0.15, 0.2) is 11.6 Å². The average molecular weight is 304 g/mol. The van der Waals surface area contributed by atoms with Gasteiger partial charge in [0.1, 0.15) is 0 Å². The van der Waals surface area contributed by atoms with Crippen molar-refractivity contribution in [3.63, 3.8) is 0 Å². The van der Waals surface area contributed by atoms with Crippen LogP contribution in [0.15, 0.2) is 24.3 Å². The van der Waals surface area contributed by atoms with Crippen LogP contribution in [-0.4, -0.2) is 34.2 Å². The van der Waals surface area contributed by atoms with Gasteiger partial charge in [0.05, 0.1) is 5.56 Å². The van der Waals surface area contributed by atoms with Crippen molar-refractivity contribution in [2.75, 3.05) is 0 Å². The highest BCUT2D eigenvalue weighted by atomic mass is 16.4. The van der Waals surface area contributed by atoms with Gasteiger partial charge in [-0.05, 0) is 25.0 Å². The molecule has 0 saturated carbocycles. The molecule has 1 N–H and O–H groups in total. The zero-order valence-corrected chi connectivity index (χ0v) is 12.1. The lowest BCUT2D eigenvalue weighted by Crippen LogP contribution is -2.14. The minimum Gasteiger partial charge on any atom is -0.478 e. The summed E-state index contributed by atoms with van der Waals surface area (Å²) >= 11 is 0. The second-order valence-electron chi connectivity index (χ2n) is 4.82. The maximum atomic E-state index is 11.8. The molecule has 0 fully saturated rings. The highest BCUT2D eigenvalue weighted by Gasteiger charge is 2.16. The first-order valence-electron chi connectivity index (χ1n) is 6.77. The molecule has 0 unspecified atom stereocenters. The predicted octanol–water partition coefficient (Wildman–Crippen LogP) is 1.86. The normalized spacial score (nSPS) is 10.0. The van der Waals surface area contributed by atoms with Crippen molar-refractivity contribution in [1.29, 1.82) is 0 Å². The summed E-state index contributed by atoms with van der Waals surface area (Å²) in [5.41, 5.74) is 0.168. The standard InChI is InChI=1S/C16H16O6/c1-10(17)13(18)4-2-3-5-14(19)15(20)11-6-8-12(9-7-11)16(21)22/h6-9H,2-5H2,1H3,(H,21,22). The Balaban J connectivity index is 2.48. The van der Waals surface area contributed by atoms with E-state index in [2.05, 4.69) is 0 Å². The smallest absolute Gasteiger partial charge is 0.335 e. The van der Waals surface area contributed by atoms with Gasteiger partial charge < -0.3 is 5.11 Å². The van der Waals surface area contributed by atoms with Crippen LogP contribution < -0.4 is 0 Å². The monoisotopic (exact) mass is 304 g/mol. The number of carboxylic acid groups (broad SMARTS) is 1. The van der Waals surface area contributed by atoms with Crippen LogP contribution in [0.3, 0.4) is 0 Å². The Morgan fingerprint density at radius 2 is 1.27 bits per heavy atom. The lowest BCUT2D eigenvalue weighted by molar-refractivity contribution is -0.135. The van der Waals surface area contributed by atoms with E-state index in [-0.39, 0.29) is 24.0 Å². The summed E-state index contributed by atoms with van der Waals surface area (Å²) in [6, 6.07) is 5.11. The van der Waals surface area contributed by atoms with Gasteiger partial charge in [-0.2, -0.15) is 0 Å². The van der Waals surface area contributed by atoms with Crippen molar-refractivity contribution < 1.29 is 29.1 Å². The van der Waals surface area contributed by atoms with Gasteiger partial charge in [-0.25, -0.2) is 4.79 Å². The molecule has 1 aromatic rings. The Bertz CT molecular complexity index is 612. The quantitative estimate of drug-likeness (QED) is 0.424. The van der Waals surface area contributed by atoms with Crippen molar-refractivity contribution in [3.8, 4) is 0 Å². The first kappa shape index (κ1) is 17.4. The topological polar surface area (TPSA) is 106 Å². The van der Waals surface area contributed by atoms with Crippen LogP contribution in [0.25, 0.3) is 0 Å². The van der Waals surface area contributed by atoms with E-state index in [1.165, 1.54) is 31.2 Å². The SMILES string of the molecule is CC(=O)C(=O)CCCCC(=O)C(=O)c1ccc(C(=O)O)cc1. The molecule has 1 rings (SSSR count). The maximum Gasteiger partial charge on any atom is 0.335 e. The molecular weight excluding hydrogens is 288 g/mol. The number of unbranched alkanes of at least 4 members (excludes halogenated alkanes) is 1. The summed E-state index contributed by atoms with van der Waals surface area (Å²) < 4.78 is 0. The molecular formula is C16H16O6. The number of benzene rings is 1. The molecule has 0 bridgehead atoms. The third kappa shape index (κ3) is 5.05. The minimum absolute atomic E-state index is 0.00923. The summed E-state index contributed by atoms with van der Waals surface area (Å²) in [5.74, 6) is -3.39. The van der Waals surface area contributed by atoms with Crippen LogP contribution in [0.1, 0.15) is 53.3 Å². The number of carboxylic acids is 1. The minimum atomic E-state index is -1.11. The fourth-order valence-electron chi connectivity index (χ4n) is 1.79. The number of hydrogen-bond donors (Lipinski definition) is 1. The van der Waals surface area contributed by atoms with E-state index in [1.807, 2.05) is 0 Å². The third-order valence-corrected chi connectivity index (χ3v) is 3.10. The summed E-state index contributed by atoms with van der Waals surface area (Å²) in [7, 11) is 0. The van der Waals surface area contributed by atoms with Crippen LogP contribution in [0.5, 0.6) is 0 Å². The first-order chi connectivity index (χ1) is 10.3. The lowest BCUT2D eigenvalue weighted by Gasteiger charge is -2.01. The summed E-state index contributed by atoms with van der Waals surface area (Å²) in [5, 5.41) is 8.75. The van der Waals surface area contributed by atoms with Crippen molar-refractivity contribution in [2.24, 2.45) is 0 Å². The molecule has 0 aliphatic heterocycles. The van der Waals surface area contributed by atoms with Gasteiger partial charge in [0, 0.05) is 25.3 Å². The average Bonchev–Trinajstić information content (AvgIpc) is 2.50. The Kier molecular flexibility index (Phi) is 6.31. The molecule has 0 heterocycles. The molecule has 0 spiro atoms. The Morgan fingerprint density at radius 1 is 0.818 bits per heavy atom. The van der Waals surface area contributed by atoms with Crippen LogP contribution >= 0.6 is 0 Å². The molecule has 0 saturated heterocycles. The van der Waals surface area contributed by atoms with Gasteiger partial charge in [-0.3, -0.25) is 19.2 Å². The Morgan fingerprint density at radius 3 is 1.73 bits per heavy atom. The van der Waals surface area contributed by atoms with Crippen molar-refractivity contribution in [3.05, 3.63) is 35.4 Å².